The Labute approximate surface area is 117 Å². The maximum atomic E-state index is 11.8. The number of rotatable bonds is 3. The zero-order valence-corrected chi connectivity index (χ0v) is 11.3. The van der Waals surface area contributed by atoms with Gasteiger partial charge in [0.2, 0.25) is 5.91 Å². The van der Waals surface area contributed by atoms with Crippen LogP contribution in [0.4, 0.5) is 5.69 Å². The summed E-state index contributed by atoms with van der Waals surface area (Å²) in [6.45, 7) is 0.742. The number of nitriles is 1. The van der Waals surface area contributed by atoms with Crippen molar-refractivity contribution in [1.82, 2.24) is 0 Å². The van der Waals surface area contributed by atoms with Gasteiger partial charge >= 0.3 is 0 Å². The number of fused-ring (bicyclic) bond motifs is 1. The summed E-state index contributed by atoms with van der Waals surface area (Å²) in [6, 6.07) is 7.38. The molecule has 2 N–H and O–H groups in total. The largest absolute Gasteiger partial charge is 0.491 e. The van der Waals surface area contributed by atoms with Crippen LogP contribution in [0.5, 0.6) is 5.75 Å². The van der Waals surface area contributed by atoms with Gasteiger partial charge in [-0.2, -0.15) is 5.26 Å². The molecular weight excluding hydrogens is 256 g/mol. The van der Waals surface area contributed by atoms with Gasteiger partial charge < -0.3 is 15.4 Å². The van der Waals surface area contributed by atoms with Gasteiger partial charge in [-0.25, -0.2) is 0 Å². The zero-order valence-electron chi connectivity index (χ0n) is 11.3. The van der Waals surface area contributed by atoms with Gasteiger partial charge in [-0.05, 0) is 18.2 Å². The van der Waals surface area contributed by atoms with Gasteiger partial charge in [0, 0.05) is 12.6 Å². The maximum absolute atomic E-state index is 11.8. The summed E-state index contributed by atoms with van der Waals surface area (Å²) in [5, 5.41) is 8.48. The zero-order chi connectivity index (χ0) is 14.5. The molecule has 1 aromatic rings. The quantitative estimate of drug-likeness (QED) is 0.505. The summed E-state index contributed by atoms with van der Waals surface area (Å²) in [7, 11) is 1.71. The molecule has 20 heavy (non-hydrogen) atoms. The van der Waals surface area contributed by atoms with E-state index >= 15 is 0 Å². The molecule has 6 heteroatoms. The molecule has 0 atom stereocenters. The number of ether oxygens (including phenoxy) is 1. The van der Waals surface area contributed by atoms with E-state index in [0.717, 1.165) is 0 Å². The number of nitrogens with zero attached hydrogens (tertiary/aromatic N) is 3. The third-order valence-electron chi connectivity index (χ3n) is 3.07. The number of amides is 1. The molecular formula is C14H16N4O2. The molecule has 0 radical (unpaired) electrons. The maximum Gasteiger partial charge on any atom is 0.230 e. The van der Waals surface area contributed by atoms with Crippen molar-refractivity contribution in [2.75, 3.05) is 25.1 Å². The minimum Gasteiger partial charge on any atom is -0.491 e. The van der Waals surface area contributed by atoms with E-state index in [1.165, 1.54) is 0 Å². The molecule has 0 fully saturated rings. The van der Waals surface area contributed by atoms with Crippen molar-refractivity contribution >= 4 is 17.4 Å². The van der Waals surface area contributed by atoms with Crippen molar-refractivity contribution in [2.45, 2.75) is 12.8 Å². The summed E-state index contributed by atoms with van der Waals surface area (Å²) in [5.41, 5.74) is 7.28. The second kappa shape index (κ2) is 6.06. The second-order valence-electron chi connectivity index (χ2n) is 4.41. The van der Waals surface area contributed by atoms with Gasteiger partial charge in [0.05, 0.1) is 37.7 Å². The highest BCUT2D eigenvalue weighted by molar-refractivity contribution is 6.01. The Bertz CT molecular complexity index is 589. The minimum atomic E-state index is 0.000825. The molecule has 104 valence electrons. The molecule has 0 saturated carbocycles. The normalized spacial score (nSPS) is 15.1. The Morgan fingerprint density at radius 1 is 1.60 bits per heavy atom. The third kappa shape index (κ3) is 2.88. The molecule has 0 unspecified atom stereocenters. The Hall–Kier alpha value is -2.55. The fourth-order valence-electron chi connectivity index (χ4n) is 1.93. The third-order valence-corrected chi connectivity index (χ3v) is 3.07. The molecule has 1 aliphatic rings. The van der Waals surface area contributed by atoms with Gasteiger partial charge in [-0.3, -0.25) is 9.79 Å². The predicted molar refractivity (Wildman–Crippen MR) is 75.8 cm³/mol. The van der Waals surface area contributed by atoms with E-state index in [9.17, 15) is 4.79 Å². The van der Waals surface area contributed by atoms with E-state index in [-0.39, 0.29) is 5.91 Å². The summed E-state index contributed by atoms with van der Waals surface area (Å²) in [4.78, 5) is 17.5. The first-order valence-electron chi connectivity index (χ1n) is 6.34. The molecule has 1 aliphatic heterocycles. The smallest absolute Gasteiger partial charge is 0.230 e. The molecule has 1 amide bonds. The molecule has 0 bridgehead atoms. The number of anilines is 1. The van der Waals surface area contributed by atoms with E-state index < -0.39 is 0 Å². The molecule has 2 rings (SSSR count). The van der Waals surface area contributed by atoms with Crippen LogP contribution in [0.25, 0.3) is 0 Å². The lowest BCUT2D eigenvalue weighted by atomic mass is 10.1. The van der Waals surface area contributed by atoms with Crippen LogP contribution in [-0.2, 0) is 4.79 Å². The Morgan fingerprint density at radius 2 is 2.40 bits per heavy atom. The standard InChI is InChI=1S/C14H16N4O2/c1-18-11-9-10(14(16)17-7-2-6-15)3-4-12(11)20-8-5-13(18)19/h3-4,9H,2,5,7-8H2,1H3,(H2,16,17). The van der Waals surface area contributed by atoms with Crippen molar-refractivity contribution in [3.63, 3.8) is 0 Å². The molecule has 0 saturated heterocycles. The Kier molecular flexibility index (Phi) is 4.20. The summed E-state index contributed by atoms with van der Waals surface area (Å²) >= 11 is 0. The van der Waals surface area contributed by atoms with Crippen LogP contribution in [0.1, 0.15) is 18.4 Å². The number of benzene rings is 1. The Morgan fingerprint density at radius 3 is 3.15 bits per heavy atom. The highest BCUT2D eigenvalue weighted by atomic mass is 16.5. The second-order valence-corrected chi connectivity index (χ2v) is 4.41. The lowest BCUT2D eigenvalue weighted by Gasteiger charge is -2.17. The van der Waals surface area contributed by atoms with Crippen LogP contribution < -0.4 is 15.4 Å². The first-order valence-corrected chi connectivity index (χ1v) is 6.34. The average Bonchev–Trinajstić information content (AvgIpc) is 2.59. The number of hydrogen-bond acceptors (Lipinski definition) is 4. The fourth-order valence-corrected chi connectivity index (χ4v) is 1.93. The van der Waals surface area contributed by atoms with Crippen molar-refractivity contribution in [2.24, 2.45) is 10.7 Å². The van der Waals surface area contributed by atoms with Crippen LogP contribution in [0.3, 0.4) is 0 Å². The molecule has 0 spiro atoms. The van der Waals surface area contributed by atoms with Crippen LogP contribution in [-0.4, -0.2) is 31.9 Å². The van der Waals surface area contributed by atoms with E-state index in [4.69, 9.17) is 15.7 Å². The van der Waals surface area contributed by atoms with E-state index in [0.29, 0.717) is 48.8 Å². The number of carbonyl (C=O) groups is 1. The summed E-state index contributed by atoms with van der Waals surface area (Å²) < 4.78 is 5.54. The molecule has 1 aromatic carbocycles. The number of amidine groups is 1. The van der Waals surface area contributed by atoms with Crippen molar-refractivity contribution in [3.05, 3.63) is 23.8 Å². The summed E-state index contributed by atoms with van der Waals surface area (Å²) in [6.07, 6.45) is 0.680. The minimum absolute atomic E-state index is 0.000825. The fraction of sp³-hybridized carbons (Fsp3) is 0.357. The SMILES string of the molecule is CN1C(=O)CCOc2ccc(C(N)=NCCC#N)cc21. The van der Waals surface area contributed by atoms with Gasteiger partial charge in [0.1, 0.15) is 11.6 Å². The monoisotopic (exact) mass is 272 g/mol. The van der Waals surface area contributed by atoms with Gasteiger partial charge in [-0.1, -0.05) is 0 Å². The van der Waals surface area contributed by atoms with Gasteiger partial charge in [0.15, 0.2) is 0 Å². The molecule has 1 heterocycles. The van der Waals surface area contributed by atoms with Gasteiger partial charge in [0.25, 0.3) is 0 Å². The van der Waals surface area contributed by atoms with E-state index in [1.807, 2.05) is 6.07 Å². The van der Waals surface area contributed by atoms with Crippen molar-refractivity contribution in [1.29, 1.82) is 5.26 Å². The molecule has 0 aromatic heterocycles. The highest BCUT2D eigenvalue weighted by Gasteiger charge is 2.20. The van der Waals surface area contributed by atoms with Crippen LogP contribution in [0.2, 0.25) is 0 Å². The van der Waals surface area contributed by atoms with Gasteiger partial charge in [-0.15, -0.1) is 0 Å². The van der Waals surface area contributed by atoms with Crippen LogP contribution >= 0.6 is 0 Å². The van der Waals surface area contributed by atoms with E-state index in [2.05, 4.69) is 4.99 Å². The lowest BCUT2D eigenvalue weighted by molar-refractivity contribution is -0.118. The number of carbonyl (C=O) groups excluding carboxylic acids is 1. The number of nitrogens with two attached hydrogens (primary N) is 1. The average molecular weight is 272 g/mol. The highest BCUT2D eigenvalue weighted by Crippen LogP contribution is 2.31. The molecule has 6 nitrogen and oxygen atoms in total. The van der Waals surface area contributed by atoms with Crippen LogP contribution in [0, 0.1) is 11.3 Å². The lowest BCUT2D eigenvalue weighted by Crippen LogP contribution is -2.25. The Balaban J connectivity index is 2.31. The first-order chi connectivity index (χ1) is 9.63. The predicted octanol–water partition coefficient (Wildman–Crippen LogP) is 1.05. The summed E-state index contributed by atoms with van der Waals surface area (Å²) in [5.74, 6) is 1.01. The number of aliphatic imine (C=N–C) groups is 1. The number of hydrogen-bond donors (Lipinski definition) is 1. The van der Waals surface area contributed by atoms with Crippen LogP contribution in [0.15, 0.2) is 23.2 Å². The molecule has 0 aliphatic carbocycles. The van der Waals surface area contributed by atoms with Crippen molar-refractivity contribution in [3.8, 4) is 11.8 Å². The van der Waals surface area contributed by atoms with Crippen molar-refractivity contribution < 1.29 is 9.53 Å². The van der Waals surface area contributed by atoms with E-state index in [1.54, 1.807) is 30.1 Å². The first kappa shape index (κ1) is 13.9. The topological polar surface area (TPSA) is 91.7 Å².